The van der Waals surface area contributed by atoms with Gasteiger partial charge in [-0.15, -0.1) is 0 Å². The SMILES string of the molecule is C=C1C[C@@]2(C[C@H]3CC[C@]2(C)C3(C)C)OC1=O. The molecular formula is C14H20O2. The predicted molar refractivity (Wildman–Crippen MR) is 61.8 cm³/mol. The third kappa shape index (κ3) is 0.847. The zero-order chi connectivity index (χ0) is 11.8. The molecule has 1 aliphatic heterocycles. The van der Waals surface area contributed by atoms with Gasteiger partial charge in [0.25, 0.3) is 0 Å². The Morgan fingerprint density at radius 3 is 2.44 bits per heavy atom. The van der Waals surface area contributed by atoms with Crippen molar-refractivity contribution in [3.05, 3.63) is 12.2 Å². The average molecular weight is 220 g/mol. The number of hydrogen-bond donors (Lipinski definition) is 0. The second kappa shape index (κ2) is 2.55. The number of carbonyl (C=O) groups excluding carboxylic acids is 1. The lowest BCUT2D eigenvalue weighted by Crippen LogP contribution is -2.46. The monoisotopic (exact) mass is 220 g/mol. The van der Waals surface area contributed by atoms with Crippen LogP contribution in [0.1, 0.15) is 46.5 Å². The maximum Gasteiger partial charge on any atom is 0.334 e. The molecule has 2 aliphatic carbocycles. The first-order valence-electron chi connectivity index (χ1n) is 6.24. The van der Waals surface area contributed by atoms with Crippen molar-refractivity contribution in [2.24, 2.45) is 16.7 Å². The summed E-state index contributed by atoms with van der Waals surface area (Å²) in [4.78, 5) is 11.6. The fraction of sp³-hybridized carbons (Fsp3) is 0.786. The average Bonchev–Trinajstić information content (AvgIpc) is 2.63. The van der Waals surface area contributed by atoms with E-state index in [-0.39, 0.29) is 22.4 Å². The van der Waals surface area contributed by atoms with E-state index < -0.39 is 0 Å². The van der Waals surface area contributed by atoms with Crippen molar-refractivity contribution >= 4 is 5.97 Å². The molecule has 0 unspecified atom stereocenters. The number of carbonyl (C=O) groups is 1. The molecule has 2 saturated carbocycles. The number of hydrogen-bond acceptors (Lipinski definition) is 2. The second-order valence-electron chi connectivity index (χ2n) is 6.66. The molecule has 1 saturated heterocycles. The van der Waals surface area contributed by atoms with Crippen LogP contribution < -0.4 is 0 Å². The molecule has 0 amide bonds. The van der Waals surface area contributed by atoms with Crippen molar-refractivity contribution < 1.29 is 9.53 Å². The van der Waals surface area contributed by atoms with Crippen LogP contribution in [0.5, 0.6) is 0 Å². The minimum Gasteiger partial charge on any atom is -0.455 e. The summed E-state index contributed by atoms with van der Waals surface area (Å²) >= 11 is 0. The summed E-state index contributed by atoms with van der Waals surface area (Å²) in [6, 6.07) is 0. The van der Waals surface area contributed by atoms with Gasteiger partial charge in [-0.3, -0.25) is 0 Å². The maximum absolute atomic E-state index is 11.6. The normalized spacial score (nSPS) is 49.1. The Labute approximate surface area is 97.1 Å². The molecule has 2 heteroatoms. The number of fused-ring (bicyclic) bond motifs is 3. The number of ether oxygens (including phenoxy) is 1. The maximum atomic E-state index is 11.6. The van der Waals surface area contributed by atoms with Gasteiger partial charge >= 0.3 is 5.97 Å². The van der Waals surface area contributed by atoms with E-state index in [4.69, 9.17) is 4.74 Å². The van der Waals surface area contributed by atoms with Gasteiger partial charge in [-0.2, -0.15) is 0 Å². The zero-order valence-electron chi connectivity index (χ0n) is 10.4. The van der Waals surface area contributed by atoms with Gasteiger partial charge in [0, 0.05) is 17.4 Å². The van der Waals surface area contributed by atoms with Crippen molar-refractivity contribution in [2.75, 3.05) is 0 Å². The van der Waals surface area contributed by atoms with Crippen LogP contribution in [0.15, 0.2) is 12.2 Å². The topological polar surface area (TPSA) is 26.3 Å². The third-order valence-electron chi connectivity index (χ3n) is 6.09. The smallest absolute Gasteiger partial charge is 0.334 e. The molecule has 0 aromatic heterocycles. The van der Waals surface area contributed by atoms with E-state index in [1.165, 1.54) is 12.8 Å². The third-order valence-corrected chi connectivity index (χ3v) is 6.09. The van der Waals surface area contributed by atoms with E-state index in [2.05, 4.69) is 27.4 Å². The van der Waals surface area contributed by atoms with Crippen molar-refractivity contribution in [3.8, 4) is 0 Å². The first kappa shape index (κ1) is 10.4. The summed E-state index contributed by atoms with van der Waals surface area (Å²) in [6.45, 7) is 10.8. The van der Waals surface area contributed by atoms with Gasteiger partial charge in [0.2, 0.25) is 0 Å². The molecular weight excluding hydrogens is 200 g/mol. The molecule has 3 rings (SSSR count). The number of esters is 1. The molecule has 88 valence electrons. The molecule has 0 aromatic carbocycles. The van der Waals surface area contributed by atoms with E-state index in [9.17, 15) is 4.79 Å². The molecule has 2 bridgehead atoms. The largest absolute Gasteiger partial charge is 0.455 e. The van der Waals surface area contributed by atoms with E-state index >= 15 is 0 Å². The van der Waals surface area contributed by atoms with Gasteiger partial charge in [-0.25, -0.2) is 4.79 Å². The Morgan fingerprint density at radius 2 is 2.06 bits per heavy atom. The molecule has 3 fully saturated rings. The Hall–Kier alpha value is -0.790. The Bertz CT molecular complexity index is 378. The fourth-order valence-corrected chi connectivity index (χ4v) is 4.52. The highest BCUT2D eigenvalue weighted by atomic mass is 16.6. The van der Waals surface area contributed by atoms with Gasteiger partial charge in [0.15, 0.2) is 0 Å². The molecule has 0 radical (unpaired) electrons. The first-order chi connectivity index (χ1) is 7.32. The Morgan fingerprint density at radius 1 is 1.38 bits per heavy atom. The molecule has 0 N–H and O–H groups in total. The van der Waals surface area contributed by atoms with Crippen molar-refractivity contribution in [2.45, 2.75) is 52.1 Å². The van der Waals surface area contributed by atoms with E-state index in [1.54, 1.807) is 0 Å². The second-order valence-corrected chi connectivity index (χ2v) is 6.66. The van der Waals surface area contributed by atoms with Crippen LogP contribution in [0.4, 0.5) is 0 Å². The van der Waals surface area contributed by atoms with Crippen LogP contribution in [0.3, 0.4) is 0 Å². The standard InChI is InChI=1S/C14H20O2/c1-9-7-14(16-11(9)15)8-10-5-6-13(14,4)12(10,2)3/h10H,1,5-8H2,2-4H3/t10-,13-,14+/m1/s1. The van der Waals surface area contributed by atoms with Crippen LogP contribution >= 0.6 is 0 Å². The quantitative estimate of drug-likeness (QED) is 0.463. The van der Waals surface area contributed by atoms with Crippen molar-refractivity contribution in [3.63, 3.8) is 0 Å². The summed E-state index contributed by atoms with van der Waals surface area (Å²) < 4.78 is 5.76. The van der Waals surface area contributed by atoms with E-state index in [1.807, 2.05) is 0 Å². The lowest BCUT2D eigenvalue weighted by atomic mass is 9.63. The molecule has 3 aliphatic rings. The van der Waals surface area contributed by atoms with Gasteiger partial charge in [-0.1, -0.05) is 27.4 Å². The van der Waals surface area contributed by atoms with Gasteiger partial charge in [-0.05, 0) is 30.6 Å². The molecule has 1 heterocycles. The highest BCUT2D eigenvalue weighted by Crippen LogP contribution is 2.73. The van der Waals surface area contributed by atoms with E-state index in [0.29, 0.717) is 11.5 Å². The van der Waals surface area contributed by atoms with Gasteiger partial charge in [0.1, 0.15) is 5.60 Å². The Kier molecular flexibility index (Phi) is 1.65. The summed E-state index contributed by atoms with van der Waals surface area (Å²) in [5.74, 6) is 0.542. The molecule has 0 aromatic rings. The lowest BCUT2D eigenvalue weighted by molar-refractivity contribution is -0.161. The summed E-state index contributed by atoms with van der Waals surface area (Å²) in [5, 5.41) is 0. The van der Waals surface area contributed by atoms with Crippen LogP contribution in [0.25, 0.3) is 0 Å². The fourth-order valence-electron chi connectivity index (χ4n) is 4.52. The van der Waals surface area contributed by atoms with E-state index in [0.717, 1.165) is 12.8 Å². The zero-order valence-corrected chi connectivity index (χ0v) is 10.4. The predicted octanol–water partition coefficient (Wildman–Crippen LogP) is 3.07. The highest BCUT2D eigenvalue weighted by Gasteiger charge is 2.72. The number of rotatable bonds is 0. The van der Waals surface area contributed by atoms with Crippen LogP contribution in [0.2, 0.25) is 0 Å². The first-order valence-corrected chi connectivity index (χ1v) is 6.24. The van der Waals surface area contributed by atoms with Gasteiger partial charge < -0.3 is 4.74 Å². The molecule has 1 spiro atoms. The highest BCUT2D eigenvalue weighted by molar-refractivity contribution is 5.90. The van der Waals surface area contributed by atoms with Crippen LogP contribution in [0, 0.1) is 16.7 Å². The van der Waals surface area contributed by atoms with Gasteiger partial charge in [0.05, 0.1) is 0 Å². The minimum absolute atomic E-state index is 0.139. The van der Waals surface area contributed by atoms with Crippen molar-refractivity contribution in [1.29, 1.82) is 0 Å². The van der Waals surface area contributed by atoms with Crippen LogP contribution in [-0.4, -0.2) is 11.6 Å². The van der Waals surface area contributed by atoms with Crippen molar-refractivity contribution in [1.82, 2.24) is 0 Å². The molecule has 3 atom stereocenters. The summed E-state index contributed by atoms with van der Waals surface area (Å²) in [6.07, 6.45) is 4.27. The Balaban J connectivity index is 2.08. The molecule has 16 heavy (non-hydrogen) atoms. The van der Waals surface area contributed by atoms with Crippen LogP contribution in [-0.2, 0) is 9.53 Å². The minimum atomic E-state index is -0.229. The summed E-state index contributed by atoms with van der Waals surface area (Å²) in [5.41, 5.74) is 0.871. The lowest BCUT2D eigenvalue weighted by Gasteiger charge is -2.44. The molecule has 2 nitrogen and oxygen atoms in total. The summed E-state index contributed by atoms with van der Waals surface area (Å²) in [7, 11) is 0.